The first kappa shape index (κ1) is 17.9. The minimum absolute atomic E-state index is 0.0541. The van der Waals surface area contributed by atoms with E-state index in [1.165, 1.54) is 44.6 Å². The monoisotopic (exact) mass is 362 g/mol. The maximum absolute atomic E-state index is 11.0. The Morgan fingerprint density at radius 3 is 2.77 bits per heavy atom. The van der Waals surface area contributed by atoms with Crippen LogP contribution in [-0.4, -0.2) is 39.0 Å². The lowest BCUT2D eigenvalue weighted by Gasteiger charge is -2.45. The molecule has 1 aliphatic heterocycles. The molecule has 26 heavy (non-hydrogen) atoms. The lowest BCUT2D eigenvalue weighted by molar-refractivity contribution is -0.389. The number of nitrogens with one attached hydrogen (secondary N) is 1. The van der Waals surface area contributed by atoms with Crippen LogP contribution in [0.3, 0.4) is 0 Å². The molecule has 1 saturated heterocycles. The molecule has 2 aliphatic carbocycles. The third-order valence-electron chi connectivity index (χ3n) is 6.56. The molecular formula is C19H30N4O3. The fourth-order valence-corrected chi connectivity index (χ4v) is 5.25. The Labute approximate surface area is 154 Å². The number of rotatable bonds is 4. The molecule has 1 aromatic heterocycles. The van der Waals surface area contributed by atoms with Crippen molar-refractivity contribution in [2.24, 2.45) is 0 Å². The van der Waals surface area contributed by atoms with E-state index in [9.17, 15) is 10.1 Å². The van der Waals surface area contributed by atoms with Crippen LogP contribution in [0.25, 0.3) is 0 Å². The second-order valence-corrected chi connectivity index (χ2v) is 8.32. The number of nitrogens with zero attached hydrogens (tertiary/aromatic N) is 3. The Bertz CT molecular complexity index is 621. The number of hydrogen-bond donors (Lipinski definition) is 1. The van der Waals surface area contributed by atoms with Crippen molar-refractivity contribution in [1.29, 1.82) is 0 Å². The first-order valence-corrected chi connectivity index (χ1v) is 10.2. The molecule has 144 valence electrons. The molecule has 3 fully saturated rings. The smallest absolute Gasteiger partial charge is 0.375 e. The zero-order chi connectivity index (χ0) is 18.0. The maximum Gasteiger partial charge on any atom is 0.389 e. The molecule has 1 aromatic rings. The Balaban J connectivity index is 1.43. The van der Waals surface area contributed by atoms with Gasteiger partial charge in [-0.15, -0.1) is 0 Å². The minimum atomic E-state index is -0.410. The van der Waals surface area contributed by atoms with Gasteiger partial charge in [-0.25, -0.2) is 0 Å². The zero-order valence-electron chi connectivity index (χ0n) is 15.4. The van der Waals surface area contributed by atoms with Gasteiger partial charge in [-0.2, -0.15) is 4.68 Å². The van der Waals surface area contributed by atoms with Gasteiger partial charge in [0.15, 0.2) is 0 Å². The van der Waals surface area contributed by atoms with Crippen molar-refractivity contribution in [2.45, 2.75) is 94.4 Å². The van der Waals surface area contributed by atoms with Crippen molar-refractivity contribution in [2.75, 3.05) is 6.61 Å². The second kappa shape index (κ2) is 7.64. The van der Waals surface area contributed by atoms with Crippen LogP contribution in [0.15, 0.2) is 12.3 Å². The van der Waals surface area contributed by atoms with Crippen molar-refractivity contribution in [1.82, 2.24) is 15.1 Å². The predicted molar refractivity (Wildman–Crippen MR) is 98.1 cm³/mol. The first-order chi connectivity index (χ1) is 12.7. The number of ether oxygens (including phenoxy) is 1. The van der Waals surface area contributed by atoms with Crippen molar-refractivity contribution in [3.8, 4) is 0 Å². The molecule has 0 aromatic carbocycles. The fraction of sp³-hybridized carbons (Fsp3) is 0.842. The number of nitro groups is 1. The third-order valence-corrected chi connectivity index (χ3v) is 6.56. The van der Waals surface area contributed by atoms with E-state index in [1.807, 2.05) is 4.68 Å². The Kier molecular flexibility index (Phi) is 5.27. The molecule has 1 spiro atoms. The lowest BCUT2D eigenvalue weighted by Crippen LogP contribution is -2.52. The van der Waals surface area contributed by atoms with Crippen molar-refractivity contribution < 1.29 is 9.66 Å². The van der Waals surface area contributed by atoms with Gasteiger partial charge in [0, 0.05) is 18.7 Å². The first-order valence-electron chi connectivity index (χ1n) is 10.2. The standard InChI is InChI=1S/C19H30N4O3/c24-23(25)18-8-12-22(21-18)17-7-3-2-6-16(17)20-15-9-13-26-19(14-15)10-4-1-5-11-19/h8,12,15-17,20H,1-7,9-11,13-14H2. The van der Waals surface area contributed by atoms with Crippen LogP contribution in [0, 0.1) is 10.1 Å². The Morgan fingerprint density at radius 2 is 2.00 bits per heavy atom. The van der Waals surface area contributed by atoms with Gasteiger partial charge in [-0.05, 0) is 43.4 Å². The van der Waals surface area contributed by atoms with Crippen LogP contribution in [0.2, 0.25) is 0 Å². The summed E-state index contributed by atoms with van der Waals surface area (Å²) in [5, 5.41) is 19.1. The number of aromatic nitrogens is 2. The highest BCUT2D eigenvalue weighted by molar-refractivity contribution is 5.15. The summed E-state index contributed by atoms with van der Waals surface area (Å²) >= 11 is 0. The van der Waals surface area contributed by atoms with Crippen LogP contribution < -0.4 is 5.32 Å². The van der Waals surface area contributed by atoms with Gasteiger partial charge < -0.3 is 20.2 Å². The van der Waals surface area contributed by atoms with Gasteiger partial charge in [0.25, 0.3) is 0 Å². The van der Waals surface area contributed by atoms with Crippen LogP contribution in [0.4, 0.5) is 5.82 Å². The molecule has 3 atom stereocenters. The Morgan fingerprint density at radius 1 is 1.19 bits per heavy atom. The lowest BCUT2D eigenvalue weighted by atomic mass is 9.77. The van der Waals surface area contributed by atoms with Crippen molar-refractivity contribution in [3.63, 3.8) is 0 Å². The molecule has 4 rings (SSSR count). The molecule has 0 radical (unpaired) electrons. The highest BCUT2D eigenvalue weighted by atomic mass is 16.6. The van der Waals surface area contributed by atoms with E-state index in [-0.39, 0.29) is 17.5 Å². The van der Waals surface area contributed by atoms with Crippen LogP contribution in [0.1, 0.15) is 76.7 Å². The highest BCUT2D eigenvalue weighted by Crippen LogP contribution is 2.39. The number of hydrogen-bond acceptors (Lipinski definition) is 5. The molecule has 3 unspecified atom stereocenters. The summed E-state index contributed by atoms with van der Waals surface area (Å²) in [7, 11) is 0. The van der Waals surface area contributed by atoms with E-state index in [0.29, 0.717) is 12.1 Å². The maximum atomic E-state index is 11.0. The fourth-order valence-electron chi connectivity index (χ4n) is 5.25. The van der Waals surface area contributed by atoms with Crippen molar-refractivity contribution >= 4 is 5.82 Å². The molecule has 7 heteroatoms. The second-order valence-electron chi connectivity index (χ2n) is 8.32. The van der Waals surface area contributed by atoms with Crippen LogP contribution in [-0.2, 0) is 4.74 Å². The van der Waals surface area contributed by atoms with E-state index in [0.717, 1.165) is 38.7 Å². The topological polar surface area (TPSA) is 82.2 Å². The summed E-state index contributed by atoms with van der Waals surface area (Å²) in [5.74, 6) is -0.0541. The van der Waals surface area contributed by atoms with E-state index in [4.69, 9.17) is 4.74 Å². The molecular weight excluding hydrogens is 332 g/mol. The average Bonchev–Trinajstić information content (AvgIpc) is 3.13. The summed E-state index contributed by atoms with van der Waals surface area (Å²) in [6, 6.07) is 2.55. The third kappa shape index (κ3) is 3.78. The summed E-state index contributed by atoms with van der Waals surface area (Å²) in [5.41, 5.74) is 0.100. The molecule has 2 heterocycles. The van der Waals surface area contributed by atoms with E-state index >= 15 is 0 Å². The Hall–Kier alpha value is -1.47. The molecule has 0 amide bonds. The normalized spacial score (nSPS) is 31.8. The van der Waals surface area contributed by atoms with Crippen molar-refractivity contribution in [3.05, 3.63) is 22.4 Å². The molecule has 1 N–H and O–H groups in total. The summed E-state index contributed by atoms with van der Waals surface area (Å²) in [4.78, 5) is 10.6. The van der Waals surface area contributed by atoms with Crippen LogP contribution >= 0.6 is 0 Å². The van der Waals surface area contributed by atoms with E-state index in [1.54, 1.807) is 6.20 Å². The average molecular weight is 362 g/mol. The van der Waals surface area contributed by atoms with Gasteiger partial charge in [-0.3, -0.25) is 0 Å². The predicted octanol–water partition coefficient (Wildman–Crippen LogP) is 3.75. The van der Waals surface area contributed by atoms with Gasteiger partial charge in [0.2, 0.25) is 0 Å². The molecule has 0 bridgehead atoms. The summed E-state index contributed by atoms with van der Waals surface area (Å²) < 4.78 is 8.06. The molecule has 7 nitrogen and oxygen atoms in total. The summed E-state index contributed by atoms with van der Waals surface area (Å²) in [6.45, 7) is 0.849. The molecule has 2 saturated carbocycles. The van der Waals surface area contributed by atoms with Gasteiger partial charge in [0.05, 0.1) is 29.0 Å². The highest BCUT2D eigenvalue weighted by Gasteiger charge is 2.40. The summed E-state index contributed by atoms with van der Waals surface area (Å²) in [6.07, 6.45) is 14.8. The van der Waals surface area contributed by atoms with E-state index in [2.05, 4.69) is 10.4 Å². The zero-order valence-corrected chi connectivity index (χ0v) is 15.4. The SMILES string of the molecule is O=[N+]([O-])c1ccn(C2CCCCC2NC2CCOC3(CCCCC3)C2)n1. The quantitative estimate of drug-likeness (QED) is 0.651. The van der Waals surface area contributed by atoms with Gasteiger partial charge >= 0.3 is 5.82 Å². The van der Waals surface area contributed by atoms with Gasteiger partial charge in [0.1, 0.15) is 0 Å². The minimum Gasteiger partial charge on any atom is -0.375 e. The van der Waals surface area contributed by atoms with Crippen LogP contribution in [0.5, 0.6) is 0 Å². The largest absolute Gasteiger partial charge is 0.389 e. The van der Waals surface area contributed by atoms with E-state index < -0.39 is 4.92 Å². The molecule has 3 aliphatic rings. The van der Waals surface area contributed by atoms with Gasteiger partial charge in [-0.1, -0.05) is 32.1 Å².